The Kier molecular flexibility index (Phi) is 2.26. The molecule has 6 heteroatoms. The Bertz CT molecular complexity index is 404. The minimum absolute atomic E-state index is 0.524. The van der Waals surface area contributed by atoms with Crippen molar-refractivity contribution in [3.8, 4) is 5.69 Å². The Balaban J connectivity index is 2.26. The summed E-state index contributed by atoms with van der Waals surface area (Å²) < 4.78 is 1.54. The van der Waals surface area contributed by atoms with Gasteiger partial charge in [-0.3, -0.25) is 9.98 Å². The minimum atomic E-state index is 0.524. The van der Waals surface area contributed by atoms with Gasteiger partial charge in [0.1, 0.15) is 6.33 Å². The Labute approximate surface area is 80.3 Å². The second-order valence-electron chi connectivity index (χ2n) is 2.64. The molecule has 0 atom stereocenters. The maximum atomic E-state index is 4.17. The molecule has 0 aromatic carbocycles. The maximum Gasteiger partial charge on any atom is 0.143 e. The number of hydrogen-bond donors (Lipinski definition) is 0. The van der Waals surface area contributed by atoms with Gasteiger partial charge < -0.3 is 0 Å². The van der Waals surface area contributed by atoms with Gasteiger partial charge in [-0.05, 0) is 29.3 Å². The van der Waals surface area contributed by atoms with Gasteiger partial charge >= 0.3 is 0 Å². The molecule has 0 unspecified atom stereocenters. The monoisotopic (exact) mass is 188 g/mol. The predicted molar refractivity (Wildman–Crippen MR) is 50.2 cm³/mol. The zero-order chi connectivity index (χ0) is 9.80. The molecule has 2 aromatic rings. The number of nitrogens with zero attached hydrogens (tertiary/aromatic N) is 6. The molecule has 0 aliphatic carbocycles. The quantitative estimate of drug-likeness (QED) is 0.648. The van der Waals surface area contributed by atoms with Crippen molar-refractivity contribution in [2.75, 3.05) is 0 Å². The van der Waals surface area contributed by atoms with Crippen molar-refractivity contribution in [2.24, 2.45) is 4.99 Å². The summed E-state index contributed by atoms with van der Waals surface area (Å²) >= 11 is 0. The van der Waals surface area contributed by atoms with Crippen LogP contribution in [0.25, 0.3) is 5.69 Å². The molecule has 2 rings (SSSR count). The summed E-state index contributed by atoms with van der Waals surface area (Å²) in [6, 6.07) is 3.75. The lowest BCUT2D eigenvalue weighted by Crippen LogP contribution is -1.97. The zero-order valence-electron chi connectivity index (χ0n) is 7.41. The molecule has 0 saturated heterocycles. The molecule has 0 bridgehead atoms. The van der Waals surface area contributed by atoms with Crippen LogP contribution in [0.1, 0.15) is 5.69 Å². The minimum Gasteiger partial charge on any atom is -0.295 e. The summed E-state index contributed by atoms with van der Waals surface area (Å²) in [6.07, 6.45) is 3.21. The first-order chi connectivity index (χ1) is 6.90. The Morgan fingerprint density at radius 3 is 2.93 bits per heavy atom. The Hall–Kier alpha value is -2.11. The standard InChI is InChI=1S/C8H8N6/c1-9-4-7-2-3-8(5-10-7)14-6-11-12-13-14/h2-3,5-6H,1,4H2. The van der Waals surface area contributed by atoms with Crippen molar-refractivity contribution in [3.63, 3.8) is 0 Å². The lowest BCUT2D eigenvalue weighted by Gasteiger charge is -1.99. The van der Waals surface area contributed by atoms with Gasteiger partial charge in [-0.25, -0.2) is 0 Å². The van der Waals surface area contributed by atoms with Crippen LogP contribution in [0.2, 0.25) is 0 Å². The Morgan fingerprint density at radius 2 is 2.36 bits per heavy atom. The van der Waals surface area contributed by atoms with Gasteiger partial charge in [0.2, 0.25) is 0 Å². The molecular weight excluding hydrogens is 180 g/mol. The molecule has 0 saturated carbocycles. The van der Waals surface area contributed by atoms with Crippen molar-refractivity contribution in [3.05, 3.63) is 30.4 Å². The third-order valence-electron chi connectivity index (χ3n) is 1.70. The number of pyridine rings is 1. The van der Waals surface area contributed by atoms with E-state index in [1.54, 1.807) is 6.20 Å². The van der Waals surface area contributed by atoms with Gasteiger partial charge in [0.05, 0.1) is 24.1 Å². The number of tetrazole rings is 1. The normalized spacial score (nSPS) is 10.0. The molecule has 0 fully saturated rings. The molecule has 0 amide bonds. The topological polar surface area (TPSA) is 68.8 Å². The third kappa shape index (κ3) is 1.63. The maximum absolute atomic E-state index is 4.17. The van der Waals surface area contributed by atoms with Gasteiger partial charge in [-0.15, -0.1) is 5.10 Å². The molecule has 0 aliphatic rings. The van der Waals surface area contributed by atoms with Crippen molar-refractivity contribution in [1.82, 2.24) is 25.2 Å². The van der Waals surface area contributed by atoms with Crippen LogP contribution in [0, 0.1) is 0 Å². The average molecular weight is 188 g/mol. The van der Waals surface area contributed by atoms with Crippen LogP contribution >= 0.6 is 0 Å². The van der Waals surface area contributed by atoms with Gasteiger partial charge in [-0.1, -0.05) is 0 Å². The van der Waals surface area contributed by atoms with Crippen LogP contribution in [0.5, 0.6) is 0 Å². The first-order valence-corrected chi connectivity index (χ1v) is 4.01. The third-order valence-corrected chi connectivity index (χ3v) is 1.70. The molecular formula is C8H8N6. The summed E-state index contributed by atoms with van der Waals surface area (Å²) in [6.45, 7) is 3.92. The van der Waals surface area contributed by atoms with E-state index >= 15 is 0 Å². The fraction of sp³-hybridized carbons (Fsp3) is 0.125. The van der Waals surface area contributed by atoms with Crippen molar-refractivity contribution in [2.45, 2.75) is 6.54 Å². The summed E-state index contributed by atoms with van der Waals surface area (Å²) in [4.78, 5) is 7.91. The van der Waals surface area contributed by atoms with Crippen molar-refractivity contribution in [1.29, 1.82) is 0 Å². The van der Waals surface area contributed by atoms with E-state index < -0.39 is 0 Å². The number of aromatic nitrogens is 5. The van der Waals surface area contributed by atoms with E-state index in [-0.39, 0.29) is 0 Å². The van der Waals surface area contributed by atoms with E-state index in [1.807, 2.05) is 12.1 Å². The SMILES string of the molecule is C=NCc1ccc(-n2cnnn2)cn1. The molecule has 70 valence electrons. The second kappa shape index (κ2) is 3.73. The molecule has 0 N–H and O–H groups in total. The molecule has 2 aromatic heterocycles. The Morgan fingerprint density at radius 1 is 1.43 bits per heavy atom. The van der Waals surface area contributed by atoms with E-state index in [0.29, 0.717) is 6.54 Å². The highest BCUT2D eigenvalue weighted by atomic mass is 15.5. The average Bonchev–Trinajstić information content (AvgIpc) is 2.72. The largest absolute Gasteiger partial charge is 0.295 e. The van der Waals surface area contributed by atoms with E-state index in [0.717, 1.165) is 11.4 Å². The van der Waals surface area contributed by atoms with Crippen LogP contribution in [-0.2, 0) is 6.54 Å². The van der Waals surface area contributed by atoms with Crippen LogP contribution in [0.4, 0.5) is 0 Å². The van der Waals surface area contributed by atoms with Crippen molar-refractivity contribution >= 4 is 6.72 Å². The molecule has 14 heavy (non-hydrogen) atoms. The zero-order valence-corrected chi connectivity index (χ0v) is 7.41. The summed E-state index contributed by atoms with van der Waals surface area (Å²) in [5, 5.41) is 10.8. The summed E-state index contributed by atoms with van der Waals surface area (Å²) in [5.41, 5.74) is 1.69. The lowest BCUT2D eigenvalue weighted by molar-refractivity contribution is 0.784. The van der Waals surface area contributed by atoms with Gasteiger partial charge in [0, 0.05) is 0 Å². The van der Waals surface area contributed by atoms with Crippen LogP contribution < -0.4 is 0 Å². The molecule has 6 nitrogen and oxygen atoms in total. The molecule has 0 radical (unpaired) electrons. The highest BCUT2D eigenvalue weighted by Crippen LogP contribution is 2.04. The van der Waals surface area contributed by atoms with Gasteiger partial charge in [-0.2, -0.15) is 4.68 Å². The first kappa shape index (κ1) is 8.49. The smallest absolute Gasteiger partial charge is 0.143 e. The van der Waals surface area contributed by atoms with Gasteiger partial charge in [0.15, 0.2) is 0 Å². The van der Waals surface area contributed by atoms with Crippen LogP contribution in [0.15, 0.2) is 29.6 Å². The highest BCUT2D eigenvalue weighted by molar-refractivity contribution is 5.28. The van der Waals surface area contributed by atoms with Crippen molar-refractivity contribution < 1.29 is 0 Å². The van der Waals surface area contributed by atoms with E-state index in [2.05, 4.69) is 32.2 Å². The second-order valence-corrected chi connectivity index (χ2v) is 2.64. The van der Waals surface area contributed by atoms with E-state index in [9.17, 15) is 0 Å². The lowest BCUT2D eigenvalue weighted by atomic mass is 10.3. The van der Waals surface area contributed by atoms with E-state index in [4.69, 9.17) is 0 Å². The predicted octanol–water partition coefficient (Wildman–Crippen LogP) is 0.258. The number of aliphatic imine (C=N–C) groups is 1. The summed E-state index contributed by atoms with van der Waals surface area (Å²) in [5.74, 6) is 0. The highest BCUT2D eigenvalue weighted by Gasteiger charge is 1.98. The number of hydrogen-bond acceptors (Lipinski definition) is 5. The summed E-state index contributed by atoms with van der Waals surface area (Å²) in [7, 11) is 0. The fourth-order valence-electron chi connectivity index (χ4n) is 1.04. The fourth-order valence-corrected chi connectivity index (χ4v) is 1.04. The first-order valence-electron chi connectivity index (χ1n) is 4.01. The molecule has 2 heterocycles. The molecule has 0 spiro atoms. The van der Waals surface area contributed by atoms with Crippen LogP contribution in [0.3, 0.4) is 0 Å². The van der Waals surface area contributed by atoms with E-state index in [1.165, 1.54) is 11.0 Å². The molecule has 0 aliphatic heterocycles. The van der Waals surface area contributed by atoms with Gasteiger partial charge in [0.25, 0.3) is 0 Å². The number of rotatable bonds is 3. The van der Waals surface area contributed by atoms with Crippen LogP contribution in [-0.4, -0.2) is 31.9 Å².